The topological polar surface area (TPSA) is 73.6 Å². The van der Waals surface area contributed by atoms with Crippen LogP contribution < -0.4 is 20.5 Å². The van der Waals surface area contributed by atoms with Crippen molar-refractivity contribution in [1.29, 1.82) is 0 Å². The van der Waals surface area contributed by atoms with Crippen LogP contribution in [0.1, 0.15) is 37.6 Å². The van der Waals surface area contributed by atoms with E-state index in [1.54, 1.807) is 25.3 Å². The summed E-state index contributed by atoms with van der Waals surface area (Å²) >= 11 is 0. The molecule has 0 radical (unpaired) electrons. The van der Waals surface area contributed by atoms with Crippen LogP contribution in [0.4, 0.5) is 0 Å². The molecule has 1 aromatic rings. The molecular weight excluding hydrogens is 268 g/mol. The maximum atomic E-state index is 12.3. The van der Waals surface area contributed by atoms with Crippen molar-refractivity contribution in [3.05, 3.63) is 23.8 Å². The molecule has 0 aliphatic heterocycles. The summed E-state index contributed by atoms with van der Waals surface area (Å²) in [6.07, 6.45) is 0.858. The minimum Gasteiger partial charge on any atom is -0.493 e. The average Bonchev–Trinajstić information content (AvgIpc) is 2.46. The summed E-state index contributed by atoms with van der Waals surface area (Å²) in [7, 11) is 1.56. The van der Waals surface area contributed by atoms with E-state index in [1.807, 2.05) is 6.92 Å². The van der Waals surface area contributed by atoms with Gasteiger partial charge in [0.2, 0.25) is 0 Å². The van der Waals surface area contributed by atoms with Crippen LogP contribution in [0.15, 0.2) is 18.2 Å². The Balaban J connectivity index is 2.82. The van der Waals surface area contributed by atoms with Gasteiger partial charge < -0.3 is 20.5 Å². The maximum absolute atomic E-state index is 12.3. The van der Waals surface area contributed by atoms with E-state index < -0.39 is 0 Å². The van der Waals surface area contributed by atoms with Gasteiger partial charge in [-0.1, -0.05) is 13.8 Å². The fraction of sp³-hybridized carbons (Fsp3) is 0.562. The number of nitrogens with one attached hydrogen (secondary N) is 1. The maximum Gasteiger partial charge on any atom is 0.251 e. The molecule has 1 amide bonds. The third-order valence-electron chi connectivity index (χ3n) is 3.10. The molecule has 3 N–H and O–H groups in total. The van der Waals surface area contributed by atoms with Crippen molar-refractivity contribution >= 4 is 5.91 Å². The second-order valence-electron chi connectivity index (χ2n) is 5.33. The van der Waals surface area contributed by atoms with Gasteiger partial charge in [0.1, 0.15) is 0 Å². The molecule has 118 valence electrons. The fourth-order valence-electron chi connectivity index (χ4n) is 2.14. The van der Waals surface area contributed by atoms with E-state index in [2.05, 4.69) is 19.2 Å². The van der Waals surface area contributed by atoms with Gasteiger partial charge in [-0.2, -0.15) is 0 Å². The van der Waals surface area contributed by atoms with E-state index in [0.717, 1.165) is 6.42 Å². The lowest BCUT2D eigenvalue weighted by atomic mass is 10.0. The number of hydrogen-bond acceptors (Lipinski definition) is 4. The first-order chi connectivity index (χ1) is 10.0. The third kappa shape index (κ3) is 5.27. The van der Waals surface area contributed by atoms with Crippen LogP contribution in [-0.2, 0) is 0 Å². The average molecular weight is 294 g/mol. The molecule has 0 aromatic heterocycles. The lowest BCUT2D eigenvalue weighted by Crippen LogP contribution is -2.41. The Morgan fingerprint density at radius 1 is 1.33 bits per heavy atom. The molecule has 5 heteroatoms. The number of ether oxygens (including phenoxy) is 2. The molecule has 0 saturated carbocycles. The number of carbonyl (C=O) groups is 1. The van der Waals surface area contributed by atoms with Gasteiger partial charge >= 0.3 is 0 Å². The second-order valence-corrected chi connectivity index (χ2v) is 5.33. The van der Waals surface area contributed by atoms with E-state index >= 15 is 0 Å². The van der Waals surface area contributed by atoms with Crippen LogP contribution in [0, 0.1) is 5.92 Å². The van der Waals surface area contributed by atoms with Crippen LogP contribution in [0.2, 0.25) is 0 Å². The van der Waals surface area contributed by atoms with Crippen molar-refractivity contribution in [2.24, 2.45) is 11.7 Å². The number of methoxy groups -OCH3 is 1. The number of hydrogen-bond donors (Lipinski definition) is 2. The van der Waals surface area contributed by atoms with Gasteiger partial charge in [-0.3, -0.25) is 4.79 Å². The van der Waals surface area contributed by atoms with Gasteiger partial charge in [-0.25, -0.2) is 0 Å². The molecule has 0 spiro atoms. The predicted molar refractivity (Wildman–Crippen MR) is 83.9 cm³/mol. The summed E-state index contributed by atoms with van der Waals surface area (Å²) in [6.45, 7) is 7.09. The quantitative estimate of drug-likeness (QED) is 0.771. The Morgan fingerprint density at radius 2 is 2.05 bits per heavy atom. The molecule has 1 atom stereocenters. The Morgan fingerprint density at radius 3 is 2.57 bits per heavy atom. The van der Waals surface area contributed by atoms with Crippen molar-refractivity contribution in [1.82, 2.24) is 5.32 Å². The monoisotopic (exact) mass is 294 g/mol. The fourth-order valence-corrected chi connectivity index (χ4v) is 2.14. The molecule has 5 nitrogen and oxygen atoms in total. The summed E-state index contributed by atoms with van der Waals surface area (Å²) in [5.74, 6) is 1.52. The molecule has 0 aliphatic carbocycles. The summed E-state index contributed by atoms with van der Waals surface area (Å²) in [5.41, 5.74) is 6.25. The van der Waals surface area contributed by atoms with Crippen molar-refractivity contribution in [2.75, 3.05) is 20.3 Å². The first-order valence-corrected chi connectivity index (χ1v) is 7.33. The molecule has 0 saturated heterocycles. The summed E-state index contributed by atoms with van der Waals surface area (Å²) in [5, 5.41) is 2.96. The molecule has 0 bridgehead atoms. The highest BCUT2D eigenvalue weighted by Gasteiger charge is 2.15. The molecule has 1 rings (SSSR count). The summed E-state index contributed by atoms with van der Waals surface area (Å²) < 4.78 is 10.7. The Hall–Kier alpha value is -1.75. The van der Waals surface area contributed by atoms with E-state index in [-0.39, 0.29) is 11.9 Å². The minimum atomic E-state index is -0.146. The molecule has 0 fully saturated rings. The lowest BCUT2D eigenvalue weighted by molar-refractivity contribution is 0.0933. The van der Waals surface area contributed by atoms with E-state index in [9.17, 15) is 4.79 Å². The molecule has 21 heavy (non-hydrogen) atoms. The molecule has 0 heterocycles. The van der Waals surface area contributed by atoms with Crippen molar-refractivity contribution in [2.45, 2.75) is 33.2 Å². The van der Waals surface area contributed by atoms with Crippen LogP contribution in [0.25, 0.3) is 0 Å². The van der Waals surface area contributed by atoms with Gasteiger partial charge in [0, 0.05) is 18.2 Å². The smallest absolute Gasteiger partial charge is 0.251 e. The van der Waals surface area contributed by atoms with Gasteiger partial charge in [0.15, 0.2) is 11.5 Å². The van der Waals surface area contributed by atoms with Crippen molar-refractivity contribution in [3.63, 3.8) is 0 Å². The number of nitrogens with two attached hydrogens (primary N) is 1. The summed E-state index contributed by atoms with van der Waals surface area (Å²) in [4.78, 5) is 12.3. The standard InChI is InChI=1S/C16H26N2O3/c1-5-21-14-7-6-12(9-15(14)20-4)16(19)18-13(10-17)8-11(2)3/h6-7,9,11,13H,5,8,10,17H2,1-4H3,(H,18,19). The zero-order valence-electron chi connectivity index (χ0n) is 13.3. The third-order valence-corrected chi connectivity index (χ3v) is 3.10. The highest BCUT2D eigenvalue weighted by molar-refractivity contribution is 5.95. The molecule has 1 aromatic carbocycles. The Labute approximate surface area is 126 Å². The number of benzene rings is 1. The zero-order valence-corrected chi connectivity index (χ0v) is 13.3. The van der Waals surface area contributed by atoms with Crippen molar-refractivity contribution < 1.29 is 14.3 Å². The predicted octanol–water partition coefficient (Wildman–Crippen LogP) is 2.20. The largest absolute Gasteiger partial charge is 0.493 e. The zero-order chi connectivity index (χ0) is 15.8. The molecule has 0 aliphatic rings. The highest BCUT2D eigenvalue weighted by Crippen LogP contribution is 2.28. The second kappa shape index (κ2) is 8.52. The minimum absolute atomic E-state index is 0.0185. The Kier molecular flexibility index (Phi) is 7.02. The first-order valence-electron chi connectivity index (χ1n) is 7.33. The molecular formula is C16H26N2O3. The number of carbonyl (C=O) groups excluding carboxylic acids is 1. The van der Waals surface area contributed by atoms with E-state index in [0.29, 0.717) is 36.1 Å². The normalized spacial score (nSPS) is 12.1. The van der Waals surface area contributed by atoms with E-state index in [1.165, 1.54) is 0 Å². The van der Waals surface area contributed by atoms with Gasteiger partial charge in [-0.15, -0.1) is 0 Å². The van der Waals surface area contributed by atoms with Crippen LogP contribution in [-0.4, -0.2) is 32.2 Å². The van der Waals surface area contributed by atoms with Gasteiger partial charge in [0.05, 0.1) is 13.7 Å². The molecule has 1 unspecified atom stereocenters. The Bertz CT molecular complexity index is 461. The lowest BCUT2D eigenvalue weighted by Gasteiger charge is -2.19. The van der Waals surface area contributed by atoms with E-state index in [4.69, 9.17) is 15.2 Å². The van der Waals surface area contributed by atoms with Crippen molar-refractivity contribution in [3.8, 4) is 11.5 Å². The van der Waals surface area contributed by atoms with Gasteiger partial charge in [0.25, 0.3) is 5.91 Å². The van der Waals surface area contributed by atoms with Crippen LogP contribution in [0.3, 0.4) is 0 Å². The number of rotatable bonds is 8. The van der Waals surface area contributed by atoms with Crippen LogP contribution in [0.5, 0.6) is 11.5 Å². The number of amides is 1. The summed E-state index contributed by atoms with van der Waals surface area (Å²) in [6, 6.07) is 5.14. The first kappa shape index (κ1) is 17.3. The van der Waals surface area contributed by atoms with Crippen LogP contribution >= 0.6 is 0 Å². The van der Waals surface area contributed by atoms with Gasteiger partial charge in [-0.05, 0) is 37.5 Å². The SMILES string of the molecule is CCOc1ccc(C(=O)NC(CN)CC(C)C)cc1OC. The highest BCUT2D eigenvalue weighted by atomic mass is 16.5.